The number of rotatable bonds is 6. The second-order valence-electron chi connectivity index (χ2n) is 6.80. The van der Waals surface area contributed by atoms with Crippen molar-refractivity contribution in [1.29, 1.82) is 0 Å². The predicted octanol–water partition coefficient (Wildman–Crippen LogP) is 3.78. The van der Waals surface area contributed by atoms with Crippen molar-refractivity contribution >= 4 is 31.9 Å². The number of benzene rings is 2. The van der Waals surface area contributed by atoms with Crippen LogP contribution in [0.1, 0.15) is 48.7 Å². The van der Waals surface area contributed by atoms with Gasteiger partial charge in [-0.3, -0.25) is 4.79 Å². The van der Waals surface area contributed by atoms with E-state index in [1.54, 1.807) is 0 Å². The van der Waals surface area contributed by atoms with Crippen molar-refractivity contribution in [2.45, 2.75) is 43.7 Å². The van der Waals surface area contributed by atoms with E-state index in [4.69, 9.17) is 4.74 Å². The minimum absolute atomic E-state index is 0.143. The third-order valence-electron chi connectivity index (χ3n) is 4.71. The van der Waals surface area contributed by atoms with Crippen LogP contribution in [0.3, 0.4) is 0 Å². The van der Waals surface area contributed by atoms with Gasteiger partial charge in [0.15, 0.2) is 0 Å². The van der Waals surface area contributed by atoms with E-state index in [2.05, 4.69) is 26.0 Å². The molecule has 2 N–H and O–H groups in total. The Morgan fingerprint density at radius 1 is 1.25 bits per heavy atom. The zero-order valence-corrected chi connectivity index (χ0v) is 18.1. The minimum atomic E-state index is -3.59. The second-order valence-corrected chi connectivity index (χ2v) is 9.43. The molecule has 0 saturated heterocycles. The Labute approximate surface area is 173 Å². The Morgan fingerprint density at radius 2 is 1.96 bits per heavy atom. The summed E-state index contributed by atoms with van der Waals surface area (Å²) in [4.78, 5) is 12.8. The van der Waals surface area contributed by atoms with Gasteiger partial charge < -0.3 is 10.1 Å². The van der Waals surface area contributed by atoms with Crippen LogP contribution in [0.15, 0.2) is 51.8 Å². The van der Waals surface area contributed by atoms with Gasteiger partial charge in [-0.2, -0.15) is 0 Å². The van der Waals surface area contributed by atoms with Gasteiger partial charge in [0.25, 0.3) is 5.91 Å². The number of nitrogens with one attached hydrogen (secondary N) is 2. The number of carbonyl (C=O) groups excluding carboxylic acids is 1. The molecule has 0 fully saturated rings. The number of fused-ring (bicyclic) bond motifs is 1. The van der Waals surface area contributed by atoms with Gasteiger partial charge in [-0.1, -0.05) is 22.9 Å². The van der Waals surface area contributed by atoms with Crippen molar-refractivity contribution in [1.82, 2.24) is 10.0 Å². The van der Waals surface area contributed by atoms with E-state index < -0.39 is 10.0 Å². The van der Waals surface area contributed by atoms with Crippen molar-refractivity contribution in [3.63, 3.8) is 0 Å². The van der Waals surface area contributed by atoms with E-state index in [-0.39, 0.29) is 22.9 Å². The molecule has 28 heavy (non-hydrogen) atoms. The molecule has 6 nitrogen and oxygen atoms in total. The summed E-state index contributed by atoms with van der Waals surface area (Å²) in [6.07, 6.45) is 1.36. The van der Waals surface area contributed by atoms with Crippen LogP contribution in [0, 0.1) is 0 Å². The first-order valence-electron chi connectivity index (χ1n) is 9.15. The molecule has 1 aliphatic rings. The fourth-order valence-corrected chi connectivity index (χ4v) is 4.66. The summed E-state index contributed by atoms with van der Waals surface area (Å²) in [6, 6.07) is 11.4. The Morgan fingerprint density at radius 3 is 2.64 bits per heavy atom. The summed E-state index contributed by atoms with van der Waals surface area (Å²) in [6.45, 7) is 4.25. The molecule has 0 bridgehead atoms. The molecular formula is C20H23BrN2O4S. The first-order chi connectivity index (χ1) is 13.3. The van der Waals surface area contributed by atoms with Crippen LogP contribution in [0.25, 0.3) is 0 Å². The molecule has 2 unspecified atom stereocenters. The molecule has 3 rings (SSSR count). The second kappa shape index (κ2) is 8.63. The molecule has 1 aliphatic heterocycles. The molecule has 0 spiro atoms. The summed E-state index contributed by atoms with van der Waals surface area (Å²) in [5.41, 5.74) is 1.33. The van der Waals surface area contributed by atoms with Gasteiger partial charge in [-0.25, -0.2) is 13.1 Å². The standard InChI is InChI=1S/C20H23BrN2O4S/c1-3-13(2)23-28(25,26)16-7-4-14(5-8-16)20(24)22-18-10-11-27-19-9-6-15(21)12-17(18)19/h4-9,12-13,18,23H,3,10-11H2,1-2H3,(H,22,24). The van der Waals surface area contributed by atoms with Crippen LogP contribution in [0.2, 0.25) is 0 Å². The Balaban J connectivity index is 1.74. The minimum Gasteiger partial charge on any atom is -0.493 e. The lowest BCUT2D eigenvalue weighted by Crippen LogP contribution is -2.33. The Bertz CT molecular complexity index is 961. The Hall–Kier alpha value is -1.90. The molecule has 2 atom stereocenters. The maximum Gasteiger partial charge on any atom is 0.251 e. The van der Waals surface area contributed by atoms with Gasteiger partial charge in [0.1, 0.15) is 5.75 Å². The molecule has 0 aromatic heterocycles. The van der Waals surface area contributed by atoms with E-state index >= 15 is 0 Å². The summed E-state index contributed by atoms with van der Waals surface area (Å²) in [5, 5.41) is 3.01. The first kappa shape index (κ1) is 20.8. The highest BCUT2D eigenvalue weighted by molar-refractivity contribution is 9.10. The SMILES string of the molecule is CCC(C)NS(=O)(=O)c1ccc(C(=O)NC2CCOc3ccc(Br)cc32)cc1. The maximum absolute atomic E-state index is 12.7. The third kappa shape index (κ3) is 4.74. The highest BCUT2D eigenvalue weighted by Gasteiger charge is 2.24. The van der Waals surface area contributed by atoms with E-state index in [1.165, 1.54) is 24.3 Å². The van der Waals surface area contributed by atoms with Crippen LogP contribution >= 0.6 is 15.9 Å². The van der Waals surface area contributed by atoms with E-state index in [1.807, 2.05) is 32.0 Å². The molecular weight excluding hydrogens is 444 g/mol. The zero-order valence-electron chi connectivity index (χ0n) is 15.7. The van der Waals surface area contributed by atoms with Crippen molar-refractivity contribution in [2.75, 3.05) is 6.61 Å². The highest BCUT2D eigenvalue weighted by Crippen LogP contribution is 2.34. The fourth-order valence-electron chi connectivity index (χ4n) is 2.96. The largest absolute Gasteiger partial charge is 0.493 e. The number of carbonyl (C=O) groups is 1. The first-order valence-corrected chi connectivity index (χ1v) is 11.4. The number of hydrogen-bond acceptors (Lipinski definition) is 4. The van der Waals surface area contributed by atoms with Gasteiger partial charge in [0, 0.05) is 28.1 Å². The highest BCUT2D eigenvalue weighted by atomic mass is 79.9. The number of ether oxygens (including phenoxy) is 1. The molecule has 0 saturated carbocycles. The maximum atomic E-state index is 12.7. The summed E-state index contributed by atoms with van der Waals surface area (Å²) < 4.78 is 33.8. The quantitative estimate of drug-likeness (QED) is 0.678. The third-order valence-corrected chi connectivity index (χ3v) is 6.81. The van der Waals surface area contributed by atoms with Gasteiger partial charge in [0.05, 0.1) is 17.5 Å². The summed E-state index contributed by atoms with van der Waals surface area (Å²) >= 11 is 3.45. The van der Waals surface area contributed by atoms with E-state index in [0.717, 1.165) is 15.8 Å². The average molecular weight is 467 g/mol. The predicted molar refractivity (Wildman–Crippen MR) is 111 cm³/mol. The van der Waals surface area contributed by atoms with E-state index in [9.17, 15) is 13.2 Å². The van der Waals surface area contributed by atoms with Crippen LogP contribution in [-0.4, -0.2) is 27.0 Å². The molecule has 2 aromatic carbocycles. The lowest BCUT2D eigenvalue weighted by Gasteiger charge is -2.27. The van der Waals surface area contributed by atoms with Crippen LogP contribution in [-0.2, 0) is 10.0 Å². The smallest absolute Gasteiger partial charge is 0.251 e. The van der Waals surface area contributed by atoms with Gasteiger partial charge in [0.2, 0.25) is 10.0 Å². The monoisotopic (exact) mass is 466 g/mol. The molecule has 1 heterocycles. The normalized spacial score (nSPS) is 17.3. The molecule has 0 aliphatic carbocycles. The average Bonchev–Trinajstić information content (AvgIpc) is 2.68. The topological polar surface area (TPSA) is 84.5 Å². The van der Waals surface area contributed by atoms with Crippen molar-refractivity contribution < 1.29 is 17.9 Å². The molecule has 150 valence electrons. The molecule has 2 aromatic rings. The van der Waals surface area contributed by atoms with Crippen LogP contribution < -0.4 is 14.8 Å². The lowest BCUT2D eigenvalue weighted by atomic mass is 10.00. The Kier molecular flexibility index (Phi) is 6.42. The van der Waals surface area contributed by atoms with Crippen LogP contribution in [0.4, 0.5) is 0 Å². The van der Waals surface area contributed by atoms with Gasteiger partial charge in [-0.15, -0.1) is 0 Å². The summed E-state index contributed by atoms with van der Waals surface area (Å²) in [5.74, 6) is 0.508. The van der Waals surface area contributed by atoms with Crippen LogP contribution in [0.5, 0.6) is 5.75 Å². The van der Waals surface area contributed by atoms with Gasteiger partial charge >= 0.3 is 0 Å². The number of hydrogen-bond donors (Lipinski definition) is 2. The molecule has 8 heteroatoms. The van der Waals surface area contributed by atoms with Gasteiger partial charge in [-0.05, 0) is 55.8 Å². The number of sulfonamides is 1. The lowest BCUT2D eigenvalue weighted by molar-refractivity contribution is 0.0924. The molecule has 1 amide bonds. The van der Waals surface area contributed by atoms with E-state index in [0.29, 0.717) is 25.0 Å². The van der Waals surface area contributed by atoms with Crippen molar-refractivity contribution in [2.24, 2.45) is 0 Å². The number of halogens is 1. The summed E-state index contributed by atoms with van der Waals surface area (Å²) in [7, 11) is -3.59. The zero-order chi connectivity index (χ0) is 20.3. The number of amides is 1. The van der Waals surface area contributed by atoms with Crippen molar-refractivity contribution in [3.05, 3.63) is 58.1 Å². The van der Waals surface area contributed by atoms with Crippen molar-refractivity contribution in [3.8, 4) is 5.75 Å². The fraction of sp³-hybridized carbons (Fsp3) is 0.350. The molecule has 0 radical (unpaired) electrons.